The van der Waals surface area contributed by atoms with Crippen LogP contribution in [0.2, 0.25) is 0 Å². The molecule has 0 saturated heterocycles. The number of aromatic nitrogens is 1. The first kappa shape index (κ1) is 14.0. The van der Waals surface area contributed by atoms with Crippen LogP contribution in [0.15, 0.2) is 6.20 Å². The van der Waals surface area contributed by atoms with Gasteiger partial charge in [-0.05, 0) is 31.6 Å². The first-order valence-electron chi connectivity index (χ1n) is 6.64. The Morgan fingerprint density at radius 3 is 2.95 bits per heavy atom. The number of thiazole rings is 1. The van der Waals surface area contributed by atoms with E-state index < -0.39 is 0 Å². The lowest BCUT2D eigenvalue weighted by molar-refractivity contribution is -0.121. The third kappa shape index (κ3) is 4.05. The molecule has 0 radical (unpaired) electrons. The van der Waals surface area contributed by atoms with Gasteiger partial charge in [-0.1, -0.05) is 30.1 Å². The fourth-order valence-electron chi connectivity index (χ4n) is 2.26. The van der Waals surface area contributed by atoms with Gasteiger partial charge in [-0.25, -0.2) is 4.98 Å². The van der Waals surface area contributed by atoms with E-state index in [1.165, 1.54) is 11.3 Å². The molecule has 1 heterocycles. The third-order valence-corrected chi connectivity index (χ3v) is 4.26. The number of nitrogens with one attached hydrogen (secondary N) is 1. The third-order valence-electron chi connectivity index (χ3n) is 3.44. The number of hydrogen-bond acceptors (Lipinski definition) is 4. The quantitative estimate of drug-likeness (QED) is 0.814. The molecule has 0 aliphatic heterocycles. The second-order valence-corrected chi connectivity index (χ2v) is 6.01. The lowest BCUT2D eigenvalue weighted by Gasteiger charge is -2.24. The van der Waals surface area contributed by atoms with Crippen LogP contribution in [0.25, 0.3) is 0 Å². The van der Waals surface area contributed by atoms with Gasteiger partial charge in [0, 0.05) is 5.92 Å². The maximum absolute atomic E-state index is 12.1. The number of rotatable bonds is 2. The molecule has 1 amide bonds. The molecule has 1 aromatic rings. The summed E-state index contributed by atoms with van der Waals surface area (Å²) in [7, 11) is 0. The van der Waals surface area contributed by atoms with E-state index in [4.69, 9.17) is 5.73 Å². The van der Waals surface area contributed by atoms with E-state index in [1.807, 2.05) is 0 Å². The van der Waals surface area contributed by atoms with E-state index in [0.29, 0.717) is 11.7 Å². The Labute approximate surface area is 117 Å². The standard InChI is InChI=1S/C14H19N3OS/c1-10-4-6-11(7-5-10)13(18)17-14-16-9-12(19-14)3-2-8-15/h9-11H,4-8,15H2,1H3,(H,16,17,18). The van der Waals surface area contributed by atoms with Gasteiger partial charge in [0.25, 0.3) is 0 Å². The molecule has 0 unspecified atom stereocenters. The van der Waals surface area contributed by atoms with Crippen molar-refractivity contribution in [1.82, 2.24) is 4.98 Å². The Balaban J connectivity index is 1.90. The summed E-state index contributed by atoms with van der Waals surface area (Å²) in [5.74, 6) is 6.67. The van der Waals surface area contributed by atoms with Gasteiger partial charge in [0.05, 0.1) is 17.6 Å². The highest BCUT2D eigenvalue weighted by molar-refractivity contribution is 7.16. The van der Waals surface area contributed by atoms with Crippen molar-refractivity contribution in [2.24, 2.45) is 17.6 Å². The zero-order valence-electron chi connectivity index (χ0n) is 11.1. The maximum atomic E-state index is 12.1. The summed E-state index contributed by atoms with van der Waals surface area (Å²) in [4.78, 5) is 17.1. The molecule has 19 heavy (non-hydrogen) atoms. The molecular weight excluding hydrogens is 258 g/mol. The normalized spacial score (nSPS) is 22.4. The molecule has 1 aliphatic rings. The van der Waals surface area contributed by atoms with E-state index in [-0.39, 0.29) is 11.8 Å². The fraction of sp³-hybridized carbons (Fsp3) is 0.571. The monoisotopic (exact) mass is 277 g/mol. The summed E-state index contributed by atoms with van der Waals surface area (Å²) in [6, 6.07) is 0. The highest BCUT2D eigenvalue weighted by Crippen LogP contribution is 2.29. The topological polar surface area (TPSA) is 68.0 Å². The Morgan fingerprint density at radius 2 is 2.26 bits per heavy atom. The average molecular weight is 277 g/mol. The van der Waals surface area contributed by atoms with Gasteiger partial charge in [0.2, 0.25) is 5.91 Å². The Bertz CT molecular complexity index is 492. The van der Waals surface area contributed by atoms with Crippen molar-refractivity contribution >= 4 is 22.4 Å². The van der Waals surface area contributed by atoms with Crippen molar-refractivity contribution in [2.75, 3.05) is 11.9 Å². The molecule has 1 saturated carbocycles. The molecule has 2 rings (SSSR count). The number of nitrogens with two attached hydrogens (primary N) is 1. The first-order chi connectivity index (χ1) is 9.19. The van der Waals surface area contributed by atoms with Gasteiger partial charge in [-0.3, -0.25) is 4.79 Å². The minimum absolute atomic E-state index is 0.0968. The Morgan fingerprint density at radius 1 is 1.53 bits per heavy atom. The molecule has 4 nitrogen and oxygen atoms in total. The number of nitrogens with zero attached hydrogens (tertiary/aromatic N) is 1. The molecule has 0 aromatic carbocycles. The van der Waals surface area contributed by atoms with Crippen molar-refractivity contribution in [3.05, 3.63) is 11.1 Å². The van der Waals surface area contributed by atoms with Crippen LogP contribution < -0.4 is 11.1 Å². The van der Waals surface area contributed by atoms with E-state index >= 15 is 0 Å². The summed E-state index contributed by atoms with van der Waals surface area (Å²) in [5, 5.41) is 3.52. The van der Waals surface area contributed by atoms with Crippen LogP contribution in [0.4, 0.5) is 5.13 Å². The molecule has 1 fully saturated rings. The molecule has 102 valence electrons. The number of carbonyl (C=O) groups is 1. The van der Waals surface area contributed by atoms with Crippen LogP contribution in [-0.4, -0.2) is 17.4 Å². The molecule has 0 bridgehead atoms. The second-order valence-electron chi connectivity index (χ2n) is 4.98. The van der Waals surface area contributed by atoms with E-state index in [2.05, 4.69) is 29.1 Å². The minimum atomic E-state index is 0.0968. The van der Waals surface area contributed by atoms with Crippen molar-refractivity contribution in [2.45, 2.75) is 32.6 Å². The molecule has 1 aromatic heterocycles. The van der Waals surface area contributed by atoms with Gasteiger partial charge in [0.15, 0.2) is 5.13 Å². The van der Waals surface area contributed by atoms with E-state index in [1.54, 1.807) is 6.20 Å². The Hall–Kier alpha value is -1.38. The number of hydrogen-bond donors (Lipinski definition) is 2. The number of carbonyl (C=O) groups excluding carboxylic acids is 1. The molecule has 0 atom stereocenters. The second kappa shape index (κ2) is 6.69. The van der Waals surface area contributed by atoms with Crippen LogP contribution in [0.3, 0.4) is 0 Å². The molecular formula is C14H19N3OS. The van der Waals surface area contributed by atoms with Gasteiger partial charge < -0.3 is 11.1 Å². The molecule has 5 heteroatoms. The SMILES string of the molecule is CC1CCC(C(=O)Nc2ncc(C#CCN)s2)CC1. The van der Waals surface area contributed by atoms with Gasteiger partial charge >= 0.3 is 0 Å². The van der Waals surface area contributed by atoms with Gasteiger partial charge in [-0.15, -0.1) is 0 Å². The summed E-state index contributed by atoms with van der Waals surface area (Å²) in [6.07, 6.45) is 5.93. The highest BCUT2D eigenvalue weighted by Gasteiger charge is 2.24. The first-order valence-corrected chi connectivity index (χ1v) is 7.46. The smallest absolute Gasteiger partial charge is 0.229 e. The van der Waals surface area contributed by atoms with Crippen LogP contribution in [0.5, 0.6) is 0 Å². The van der Waals surface area contributed by atoms with Crippen LogP contribution in [-0.2, 0) is 4.79 Å². The summed E-state index contributed by atoms with van der Waals surface area (Å²) < 4.78 is 0. The van der Waals surface area contributed by atoms with Crippen LogP contribution in [0, 0.1) is 23.7 Å². The van der Waals surface area contributed by atoms with Crippen molar-refractivity contribution in [1.29, 1.82) is 0 Å². The molecule has 3 N–H and O–H groups in total. The average Bonchev–Trinajstić information content (AvgIpc) is 2.84. The number of amides is 1. The maximum Gasteiger partial charge on any atom is 0.229 e. The van der Waals surface area contributed by atoms with Crippen molar-refractivity contribution in [3.63, 3.8) is 0 Å². The van der Waals surface area contributed by atoms with Crippen molar-refractivity contribution in [3.8, 4) is 11.8 Å². The zero-order chi connectivity index (χ0) is 13.7. The summed E-state index contributed by atoms with van der Waals surface area (Å²) in [6.45, 7) is 2.58. The largest absolute Gasteiger partial charge is 0.320 e. The summed E-state index contributed by atoms with van der Waals surface area (Å²) >= 11 is 1.39. The Kier molecular flexibility index (Phi) is 4.94. The predicted octanol–water partition coefficient (Wildman–Crippen LogP) is 2.22. The summed E-state index contributed by atoms with van der Waals surface area (Å²) in [5.41, 5.74) is 5.31. The fourth-order valence-corrected chi connectivity index (χ4v) is 2.95. The highest BCUT2D eigenvalue weighted by atomic mass is 32.1. The van der Waals surface area contributed by atoms with Crippen LogP contribution in [0.1, 0.15) is 37.5 Å². The number of anilines is 1. The van der Waals surface area contributed by atoms with Crippen molar-refractivity contribution < 1.29 is 4.79 Å². The van der Waals surface area contributed by atoms with Gasteiger partial charge in [-0.2, -0.15) is 0 Å². The molecule has 1 aliphatic carbocycles. The minimum Gasteiger partial charge on any atom is -0.320 e. The van der Waals surface area contributed by atoms with E-state index in [0.717, 1.165) is 36.5 Å². The molecule has 0 spiro atoms. The van der Waals surface area contributed by atoms with E-state index in [9.17, 15) is 4.79 Å². The lowest BCUT2D eigenvalue weighted by atomic mass is 9.82. The predicted molar refractivity (Wildman–Crippen MR) is 77.8 cm³/mol. The van der Waals surface area contributed by atoms with Gasteiger partial charge in [0.1, 0.15) is 0 Å². The van der Waals surface area contributed by atoms with Crippen LogP contribution >= 0.6 is 11.3 Å². The lowest BCUT2D eigenvalue weighted by Crippen LogP contribution is -2.26. The zero-order valence-corrected chi connectivity index (χ0v) is 11.9.